The van der Waals surface area contributed by atoms with Crippen LogP contribution in [0.15, 0.2) is 0 Å². The Morgan fingerprint density at radius 2 is 2.00 bits per heavy atom. The molecule has 0 aliphatic carbocycles. The highest BCUT2D eigenvalue weighted by Gasteiger charge is 2.30. The van der Waals surface area contributed by atoms with Crippen molar-refractivity contribution in [3.05, 3.63) is 0 Å². The van der Waals surface area contributed by atoms with Crippen molar-refractivity contribution in [2.24, 2.45) is 0 Å². The van der Waals surface area contributed by atoms with Crippen LogP contribution in [-0.4, -0.2) is 34.3 Å². The summed E-state index contributed by atoms with van der Waals surface area (Å²) in [4.78, 5) is 21.8. The minimum Gasteiger partial charge on any atom is -0.480 e. The number of rotatable bonds is 7. The van der Waals surface area contributed by atoms with Crippen molar-refractivity contribution in [3.8, 4) is 0 Å². The number of aliphatic carboxylic acids is 1. The normalized spacial score (nSPS) is 13.2. The van der Waals surface area contributed by atoms with Crippen LogP contribution in [0.1, 0.15) is 26.2 Å². The summed E-state index contributed by atoms with van der Waals surface area (Å²) in [5.41, 5.74) is -4.49. The molecule has 8 heteroatoms. The molecular weight excluding hydrogens is 259 g/mol. The summed E-state index contributed by atoms with van der Waals surface area (Å²) in [7, 11) is 0. The first-order valence-corrected chi connectivity index (χ1v) is 5.97. The monoisotopic (exact) mass is 273 g/mol. The van der Waals surface area contributed by atoms with Gasteiger partial charge in [0.25, 0.3) is 0 Å². The van der Waals surface area contributed by atoms with Crippen molar-refractivity contribution in [2.45, 2.75) is 37.7 Å². The summed E-state index contributed by atoms with van der Waals surface area (Å²) < 4.78 is 35.3. The molecule has 0 aromatic heterocycles. The van der Waals surface area contributed by atoms with Gasteiger partial charge in [0.2, 0.25) is 5.91 Å². The lowest BCUT2D eigenvalue weighted by Gasteiger charge is -2.14. The Hall–Kier alpha value is -0.920. The fourth-order valence-electron chi connectivity index (χ4n) is 1.05. The quantitative estimate of drug-likeness (QED) is 0.744. The van der Waals surface area contributed by atoms with Gasteiger partial charge in [0.1, 0.15) is 6.04 Å². The lowest BCUT2D eigenvalue weighted by Crippen LogP contribution is -2.41. The number of unbranched alkanes of at least 4 members (excludes halogenated alkanes) is 1. The van der Waals surface area contributed by atoms with Gasteiger partial charge in [-0.25, -0.2) is 4.79 Å². The summed E-state index contributed by atoms with van der Waals surface area (Å²) in [6.45, 7) is 1.85. The molecule has 0 aliphatic rings. The molecule has 0 aliphatic heterocycles. The predicted molar refractivity (Wildman–Crippen MR) is 57.6 cm³/mol. The Balaban J connectivity index is 4.08. The second-order valence-corrected chi connectivity index (χ2v) is 4.38. The smallest absolute Gasteiger partial charge is 0.442 e. The van der Waals surface area contributed by atoms with Gasteiger partial charge in [0.05, 0.1) is 5.75 Å². The predicted octanol–water partition coefficient (Wildman–Crippen LogP) is 2.00. The number of halogens is 3. The SMILES string of the molecule is CCCC[C@H](NC(=O)CSC(F)(F)F)C(=O)O. The molecular formula is C9H14F3NO3S. The molecule has 4 nitrogen and oxygen atoms in total. The first-order chi connectivity index (χ1) is 7.76. The highest BCUT2D eigenvalue weighted by molar-refractivity contribution is 8.00. The fourth-order valence-corrected chi connectivity index (χ4v) is 1.43. The summed E-state index contributed by atoms with van der Waals surface area (Å²) in [6, 6.07) is -1.11. The largest absolute Gasteiger partial charge is 0.480 e. The Morgan fingerprint density at radius 3 is 2.41 bits per heavy atom. The third kappa shape index (κ3) is 8.84. The number of alkyl halides is 3. The molecule has 0 bridgehead atoms. The highest BCUT2D eigenvalue weighted by Crippen LogP contribution is 2.29. The molecule has 0 saturated carbocycles. The minimum atomic E-state index is -4.49. The molecule has 0 spiro atoms. The third-order valence-electron chi connectivity index (χ3n) is 1.85. The molecule has 1 atom stereocenters. The van der Waals surface area contributed by atoms with Crippen LogP contribution in [0, 0.1) is 0 Å². The van der Waals surface area contributed by atoms with Crippen molar-refractivity contribution in [1.82, 2.24) is 5.32 Å². The van der Waals surface area contributed by atoms with Crippen LogP contribution in [0.3, 0.4) is 0 Å². The summed E-state index contributed by atoms with van der Waals surface area (Å²) in [5.74, 6) is -2.97. The molecule has 0 fully saturated rings. The van der Waals surface area contributed by atoms with Crippen LogP contribution < -0.4 is 5.32 Å². The third-order valence-corrected chi connectivity index (χ3v) is 2.58. The number of carboxylic acid groups (broad SMARTS) is 1. The van der Waals surface area contributed by atoms with Crippen LogP contribution >= 0.6 is 11.8 Å². The maximum absolute atomic E-state index is 11.8. The number of amides is 1. The number of carbonyl (C=O) groups excluding carboxylic acids is 1. The van der Waals surface area contributed by atoms with E-state index in [4.69, 9.17) is 5.11 Å². The van der Waals surface area contributed by atoms with Gasteiger partial charge < -0.3 is 10.4 Å². The van der Waals surface area contributed by atoms with E-state index in [0.717, 1.165) is 6.42 Å². The van der Waals surface area contributed by atoms with E-state index in [1.807, 2.05) is 6.92 Å². The lowest BCUT2D eigenvalue weighted by molar-refractivity contribution is -0.141. The van der Waals surface area contributed by atoms with Gasteiger partial charge in [-0.2, -0.15) is 13.2 Å². The van der Waals surface area contributed by atoms with Crippen LogP contribution in [0.4, 0.5) is 13.2 Å². The zero-order valence-electron chi connectivity index (χ0n) is 9.21. The van der Waals surface area contributed by atoms with Crippen LogP contribution in [0.2, 0.25) is 0 Å². The van der Waals surface area contributed by atoms with Crippen molar-refractivity contribution < 1.29 is 27.9 Å². The van der Waals surface area contributed by atoms with Gasteiger partial charge in [-0.15, -0.1) is 0 Å². The number of hydrogen-bond donors (Lipinski definition) is 2. The molecule has 0 aromatic carbocycles. The van der Waals surface area contributed by atoms with Gasteiger partial charge in [-0.3, -0.25) is 4.79 Å². The summed E-state index contributed by atoms with van der Waals surface area (Å²) in [5, 5.41) is 10.8. The van der Waals surface area contributed by atoms with E-state index in [1.54, 1.807) is 0 Å². The van der Waals surface area contributed by atoms with Crippen LogP contribution in [-0.2, 0) is 9.59 Å². The fraction of sp³-hybridized carbons (Fsp3) is 0.778. The number of carboxylic acids is 1. The number of carbonyl (C=O) groups is 2. The zero-order valence-corrected chi connectivity index (χ0v) is 10.0. The average Bonchev–Trinajstić information content (AvgIpc) is 2.19. The molecule has 0 unspecified atom stereocenters. The molecule has 2 N–H and O–H groups in total. The van der Waals surface area contributed by atoms with Gasteiger partial charge in [-0.1, -0.05) is 19.8 Å². The number of hydrogen-bond acceptors (Lipinski definition) is 3. The number of nitrogens with one attached hydrogen (secondary N) is 1. The topological polar surface area (TPSA) is 66.4 Å². The summed E-state index contributed by atoms with van der Waals surface area (Å²) in [6.07, 6.45) is 1.55. The molecule has 0 aromatic rings. The Labute approximate surface area is 101 Å². The molecule has 0 heterocycles. The van der Waals surface area contributed by atoms with Crippen LogP contribution in [0.5, 0.6) is 0 Å². The van der Waals surface area contributed by atoms with Crippen molar-refractivity contribution in [2.75, 3.05) is 5.75 Å². The van der Waals surface area contributed by atoms with Gasteiger partial charge in [0.15, 0.2) is 0 Å². The van der Waals surface area contributed by atoms with Gasteiger partial charge in [-0.05, 0) is 18.2 Å². The lowest BCUT2D eigenvalue weighted by atomic mass is 10.1. The number of thioether (sulfide) groups is 1. The molecule has 0 rings (SSSR count). The second kappa shape index (κ2) is 7.41. The first-order valence-electron chi connectivity index (χ1n) is 4.99. The van der Waals surface area contributed by atoms with Crippen molar-refractivity contribution in [1.29, 1.82) is 0 Å². The molecule has 100 valence electrons. The van der Waals surface area contributed by atoms with Gasteiger partial charge >= 0.3 is 11.5 Å². The van der Waals surface area contributed by atoms with E-state index in [0.29, 0.717) is 6.42 Å². The van der Waals surface area contributed by atoms with E-state index in [2.05, 4.69) is 5.32 Å². The summed E-state index contributed by atoms with van der Waals surface area (Å²) >= 11 is -0.486. The van der Waals surface area contributed by atoms with E-state index < -0.39 is 40.9 Å². The standard InChI is InChI=1S/C9H14F3NO3S/c1-2-3-4-6(8(15)16)13-7(14)5-17-9(10,11)12/h6H,2-5H2,1H3,(H,13,14)(H,15,16)/t6-/m0/s1. The first kappa shape index (κ1) is 16.1. The molecule has 0 radical (unpaired) electrons. The highest BCUT2D eigenvalue weighted by atomic mass is 32.2. The Morgan fingerprint density at radius 1 is 1.41 bits per heavy atom. The van der Waals surface area contributed by atoms with Crippen molar-refractivity contribution >= 4 is 23.6 Å². The van der Waals surface area contributed by atoms with E-state index >= 15 is 0 Å². The zero-order chi connectivity index (χ0) is 13.5. The Kier molecular flexibility index (Phi) is 7.01. The molecule has 1 amide bonds. The van der Waals surface area contributed by atoms with Crippen LogP contribution in [0.25, 0.3) is 0 Å². The molecule has 17 heavy (non-hydrogen) atoms. The van der Waals surface area contributed by atoms with Crippen molar-refractivity contribution in [3.63, 3.8) is 0 Å². The maximum Gasteiger partial charge on any atom is 0.442 e. The molecule has 0 saturated heterocycles. The van der Waals surface area contributed by atoms with E-state index in [1.165, 1.54) is 0 Å². The van der Waals surface area contributed by atoms with E-state index in [-0.39, 0.29) is 6.42 Å². The Bertz CT molecular complexity index is 271. The van der Waals surface area contributed by atoms with Gasteiger partial charge in [0, 0.05) is 0 Å². The maximum atomic E-state index is 11.8. The second-order valence-electron chi connectivity index (χ2n) is 3.33. The van der Waals surface area contributed by atoms with E-state index in [9.17, 15) is 22.8 Å². The average molecular weight is 273 g/mol. The minimum absolute atomic E-state index is 0.217.